The molecule has 1 saturated carbocycles. The highest BCUT2D eigenvalue weighted by atomic mass is 35.5. The highest BCUT2D eigenvalue weighted by Gasteiger charge is 2.37. The minimum absolute atomic E-state index is 0.00267. The molecule has 2 atom stereocenters. The van der Waals surface area contributed by atoms with Crippen molar-refractivity contribution in [2.24, 2.45) is 5.92 Å². The van der Waals surface area contributed by atoms with Gasteiger partial charge in [0.05, 0.1) is 6.04 Å². The van der Waals surface area contributed by atoms with Crippen LogP contribution in [-0.2, 0) is 9.59 Å². The lowest BCUT2D eigenvalue weighted by molar-refractivity contribution is -0.142. The molecular weight excluding hydrogens is 398 g/mol. The molecule has 0 spiro atoms. The second-order valence-electron chi connectivity index (χ2n) is 9.08. The van der Waals surface area contributed by atoms with Crippen molar-refractivity contribution in [2.45, 2.75) is 69.9 Å². The standard InChI is InChI=1S/C24H34ClN3O2/c25-20-11-6-10-19(16-20)22(27-13-4-5-14-27)17-26-23(29)21-12-7-15-28(21)24(30)18-8-2-1-3-9-18/h6,10-11,16,18,21-22H,1-5,7-9,12-15,17H2,(H,26,29)/t21-,22-/m1/s1. The third kappa shape index (κ3) is 5.00. The third-order valence-electron chi connectivity index (χ3n) is 7.08. The lowest BCUT2D eigenvalue weighted by atomic mass is 9.88. The third-order valence-corrected chi connectivity index (χ3v) is 7.31. The van der Waals surface area contributed by atoms with E-state index in [1.165, 1.54) is 19.3 Å². The molecule has 1 aromatic rings. The van der Waals surface area contributed by atoms with Gasteiger partial charge in [0, 0.05) is 24.0 Å². The first-order valence-electron chi connectivity index (χ1n) is 11.7. The molecule has 1 aromatic carbocycles. The zero-order valence-electron chi connectivity index (χ0n) is 17.8. The Bertz CT molecular complexity index is 744. The molecule has 1 aliphatic carbocycles. The van der Waals surface area contributed by atoms with E-state index in [4.69, 9.17) is 11.6 Å². The molecular formula is C24H34ClN3O2. The number of nitrogens with one attached hydrogen (secondary N) is 1. The molecule has 30 heavy (non-hydrogen) atoms. The van der Waals surface area contributed by atoms with Crippen molar-refractivity contribution >= 4 is 23.4 Å². The maximum Gasteiger partial charge on any atom is 0.242 e. The predicted octanol–water partition coefficient (Wildman–Crippen LogP) is 4.16. The maximum atomic E-state index is 13.1. The molecule has 2 heterocycles. The number of rotatable bonds is 6. The number of nitrogens with zero attached hydrogens (tertiary/aromatic N) is 2. The molecule has 5 nitrogen and oxygen atoms in total. The van der Waals surface area contributed by atoms with Crippen molar-refractivity contribution < 1.29 is 9.59 Å². The summed E-state index contributed by atoms with van der Waals surface area (Å²) in [7, 11) is 0. The van der Waals surface area contributed by atoms with Crippen LogP contribution in [0.4, 0.5) is 0 Å². The van der Waals surface area contributed by atoms with Crippen molar-refractivity contribution in [3.05, 3.63) is 34.9 Å². The van der Waals surface area contributed by atoms with Crippen molar-refractivity contribution in [2.75, 3.05) is 26.2 Å². The van der Waals surface area contributed by atoms with Crippen molar-refractivity contribution in [1.29, 1.82) is 0 Å². The molecule has 0 bridgehead atoms. The van der Waals surface area contributed by atoms with Gasteiger partial charge in [0.15, 0.2) is 0 Å². The van der Waals surface area contributed by atoms with E-state index in [1.807, 2.05) is 23.1 Å². The fourth-order valence-corrected chi connectivity index (χ4v) is 5.63. The number of carbonyl (C=O) groups excluding carboxylic acids is 2. The zero-order valence-corrected chi connectivity index (χ0v) is 18.6. The summed E-state index contributed by atoms with van der Waals surface area (Å²) in [4.78, 5) is 30.5. The fraction of sp³-hybridized carbons (Fsp3) is 0.667. The van der Waals surface area contributed by atoms with Gasteiger partial charge >= 0.3 is 0 Å². The van der Waals surface area contributed by atoms with Crippen molar-refractivity contribution in [3.63, 3.8) is 0 Å². The van der Waals surface area contributed by atoms with Gasteiger partial charge in [-0.15, -0.1) is 0 Å². The Kier molecular flexibility index (Phi) is 7.32. The van der Waals surface area contributed by atoms with E-state index in [-0.39, 0.29) is 29.8 Å². The second-order valence-corrected chi connectivity index (χ2v) is 9.52. The SMILES string of the molecule is O=C(NC[C@H](c1cccc(Cl)c1)N1CCCC1)[C@H]1CCCN1C(=O)C1CCCCC1. The van der Waals surface area contributed by atoms with Gasteiger partial charge in [-0.3, -0.25) is 14.5 Å². The van der Waals surface area contributed by atoms with E-state index < -0.39 is 0 Å². The Morgan fingerprint density at radius 3 is 2.50 bits per heavy atom. The predicted molar refractivity (Wildman–Crippen MR) is 119 cm³/mol. The molecule has 0 unspecified atom stereocenters. The summed E-state index contributed by atoms with van der Waals surface area (Å²) in [6, 6.07) is 7.78. The summed E-state index contributed by atoms with van der Waals surface area (Å²) >= 11 is 6.24. The zero-order chi connectivity index (χ0) is 20.9. The van der Waals surface area contributed by atoms with Crippen LogP contribution in [0.15, 0.2) is 24.3 Å². The average Bonchev–Trinajstić information content (AvgIpc) is 3.46. The Labute approximate surface area is 185 Å². The van der Waals surface area contributed by atoms with Crippen LogP contribution in [-0.4, -0.2) is 53.8 Å². The first kappa shape index (κ1) is 21.6. The largest absolute Gasteiger partial charge is 0.352 e. The van der Waals surface area contributed by atoms with Gasteiger partial charge in [0.2, 0.25) is 11.8 Å². The maximum absolute atomic E-state index is 13.1. The lowest BCUT2D eigenvalue weighted by Gasteiger charge is -2.32. The van der Waals surface area contributed by atoms with E-state index in [0.29, 0.717) is 6.54 Å². The molecule has 4 rings (SSSR count). The van der Waals surface area contributed by atoms with E-state index in [1.54, 1.807) is 0 Å². The second kappa shape index (κ2) is 10.1. The summed E-state index contributed by atoms with van der Waals surface area (Å²) in [5, 5.41) is 3.91. The van der Waals surface area contributed by atoms with E-state index in [9.17, 15) is 9.59 Å². The number of halogens is 1. The Balaban J connectivity index is 1.40. The number of amides is 2. The minimum atomic E-state index is -0.307. The lowest BCUT2D eigenvalue weighted by Crippen LogP contribution is -2.49. The number of hydrogen-bond donors (Lipinski definition) is 1. The van der Waals surface area contributed by atoms with Crippen LogP contribution < -0.4 is 5.32 Å². The minimum Gasteiger partial charge on any atom is -0.352 e. The van der Waals surface area contributed by atoms with Gasteiger partial charge in [-0.2, -0.15) is 0 Å². The van der Waals surface area contributed by atoms with Crippen LogP contribution in [0.1, 0.15) is 69.4 Å². The summed E-state index contributed by atoms with van der Waals surface area (Å²) in [6.45, 7) is 3.37. The molecule has 0 radical (unpaired) electrons. The van der Waals surface area contributed by atoms with Gasteiger partial charge in [-0.05, 0) is 69.3 Å². The average molecular weight is 432 g/mol. The van der Waals surface area contributed by atoms with Crippen LogP contribution in [0.5, 0.6) is 0 Å². The van der Waals surface area contributed by atoms with E-state index in [2.05, 4.69) is 16.3 Å². The fourth-order valence-electron chi connectivity index (χ4n) is 5.43. The first-order chi connectivity index (χ1) is 14.6. The Morgan fingerprint density at radius 2 is 1.77 bits per heavy atom. The Hall–Kier alpha value is -1.59. The number of benzene rings is 1. The summed E-state index contributed by atoms with van der Waals surface area (Å²) in [5.74, 6) is 0.331. The van der Waals surface area contributed by atoms with Crippen LogP contribution in [0.25, 0.3) is 0 Å². The van der Waals surface area contributed by atoms with E-state index >= 15 is 0 Å². The van der Waals surface area contributed by atoms with Crippen LogP contribution >= 0.6 is 11.6 Å². The molecule has 2 amide bonds. The summed E-state index contributed by atoms with van der Waals surface area (Å²) < 4.78 is 0. The first-order valence-corrected chi connectivity index (χ1v) is 12.1. The van der Waals surface area contributed by atoms with Crippen LogP contribution in [0.2, 0.25) is 5.02 Å². The highest BCUT2D eigenvalue weighted by Crippen LogP contribution is 2.30. The van der Waals surface area contributed by atoms with E-state index in [0.717, 1.165) is 68.7 Å². The molecule has 3 aliphatic rings. The quantitative estimate of drug-likeness (QED) is 0.735. The summed E-state index contributed by atoms with van der Waals surface area (Å²) in [5.41, 5.74) is 1.14. The monoisotopic (exact) mass is 431 g/mol. The van der Waals surface area contributed by atoms with Gasteiger partial charge in [0.25, 0.3) is 0 Å². The highest BCUT2D eigenvalue weighted by molar-refractivity contribution is 6.30. The normalized spacial score (nSPS) is 24.2. The van der Waals surface area contributed by atoms with Crippen molar-refractivity contribution in [3.8, 4) is 0 Å². The topological polar surface area (TPSA) is 52.7 Å². The molecule has 2 aliphatic heterocycles. The van der Waals surface area contributed by atoms with Gasteiger partial charge in [0.1, 0.15) is 6.04 Å². The van der Waals surface area contributed by atoms with Crippen LogP contribution in [0.3, 0.4) is 0 Å². The molecule has 1 N–H and O–H groups in total. The molecule has 6 heteroatoms. The van der Waals surface area contributed by atoms with Gasteiger partial charge in [-0.25, -0.2) is 0 Å². The number of carbonyl (C=O) groups is 2. The van der Waals surface area contributed by atoms with Crippen LogP contribution in [0, 0.1) is 5.92 Å². The Morgan fingerprint density at radius 1 is 1.00 bits per heavy atom. The number of hydrogen-bond acceptors (Lipinski definition) is 3. The van der Waals surface area contributed by atoms with Crippen molar-refractivity contribution in [1.82, 2.24) is 15.1 Å². The van der Waals surface area contributed by atoms with Gasteiger partial charge in [-0.1, -0.05) is 43.0 Å². The molecule has 0 aromatic heterocycles. The number of likely N-dealkylation sites (tertiary alicyclic amines) is 2. The smallest absolute Gasteiger partial charge is 0.242 e. The summed E-state index contributed by atoms with van der Waals surface area (Å²) in [6.07, 6.45) is 9.54. The van der Waals surface area contributed by atoms with Gasteiger partial charge < -0.3 is 10.2 Å². The molecule has 3 fully saturated rings. The molecule has 2 saturated heterocycles. The molecule has 164 valence electrons.